The predicted octanol–water partition coefficient (Wildman–Crippen LogP) is 3.01. The Labute approximate surface area is 165 Å². The highest BCUT2D eigenvalue weighted by molar-refractivity contribution is 5.67. The molecular formula is C20H17N3O6. The van der Waals surface area contributed by atoms with E-state index in [-0.39, 0.29) is 5.82 Å². The van der Waals surface area contributed by atoms with Gasteiger partial charge in [-0.15, -0.1) is 0 Å². The molecule has 2 N–H and O–H groups in total. The number of aromatic hydroxyl groups is 1. The Kier molecular flexibility index (Phi) is 6.21. The van der Waals surface area contributed by atoms with Crippen LogP contribution in [-0.4, -0.2) is 33.2 Å². The van der Waals surface area contributed by atoms with Gasteiger partial charge in [0, 0.05) is 0 Å². The van der Waals surface area contributed by atoms with Crippen molar-refractivity contribution in [3.05, 3.63) is 86.5 Å². The molecular weight excluding hydrogens is 378 g/mol. The van der Waals surface area contributed by atoms with Gasteiger partial charge in [0.15, 0.2) is 0 Å². The summed E-state index contributed by atoms with van der Waals surface area (Å²) in [6, 6.07) is 16.5. The second kappa shape index (κ2) is 9.18. The Balaban J connectivity index is 1.55. The number of nitrogens with zero attached hydrogens (tertiary/aromatic N) is 2. The van der Waals surface area contributed by atoms with Gasteiger partial charge >= 0.3 is 11.2 Å². The summed E-state index contributed by atoms with van der Waals surface area (Å²) in [6.45, 7) is 0.797. The third kappa shape index (κ3) is 5.42. The average Bonchev–Trinajstić information content (AvgIpc) is 2.70. The third-order valence-corrected chi connectivity index (χ3v) is 3.76. The summed E-state index contributed by atoms with van der Waals surface area (Å²) in [7, 11) is 0. The molecule has 3 rings (SSSR count). The summed E-state index contributed by atoms with van der Waals surface area (Å²) in [6.07, 6.45) is 3.06. The van der Waals surface area contributed by atoms with E-state index < -0.39 is 22.0 Å². The molecule has 0 saturated carbocycles. The van der Waals surface area contributed by atoms with Crippen LogP contribution >= 0.6 is 0 Å². The van der Waals surface area contributed by atoms with Crippen LogP contribution in [0.2, 0.25) is 0 Å². The van der Waals surface area contributed by atoms with Crippen molar-refractivity contribution >= 4 is 17.8 Å². The number of aromatic amines is 1. The Morgan fingerprint density at radius 3 is 2.21 bits per heavy atom. The van der Waals surface area contributed by atoms with Crippen molar-refractivity contribution in [1.82, 2.24) is 9.97 Å². The van der Waals surface area contributed by atoms with Gasteiger partial charge < -0.3 is 19.6 Å². The van der Waals surface area contributed by atoms with Crippen LogP contribution in [0.15, 0.2) is 59.4 Å². The lowest BCUT2D eigenvalue weighted by molar-refractivity contribution is -0.387. The number of nitrogens with one attached hydrogen (secondary N) is 1. The molecule has 0 aliphatic rings. The highest BCUT2D eigenvalue weighted by atomic mass is 16.6. The number of hydrogen-bond acceptors (Lipinski definition) is 7. The van der Waals surface area contributed by atoms with Crippen LogP contribution in [0.5, 0.6) is 17.4 Å². The summed E-state index contributed by atoms with van der Waals surface area (Å²) in [4.78, 5) is 27.1. The molecule has 0 aliphatic heterocycles. The molecule has 0 fully saturated rings. The van der Waals surface area contributed by atoms with E-state index in [1.165, 1.54) is 6.08 Å². The monoisotopic (exact) mass is 395 g/mol. The smallest absolute Gasteiger partial charge is 0.395 e. The highest BCUT2D eigenvalue weighted by Crippen LogP contribution is 2.18. The molecule has 9 nitrogen and oxygen atoms in total. The standard InChI is InChI=1S/C20H17N3O6/c24-19-18(23(26)27)20(25)22-17(21-19)11-8-14-6-9-16(10-7-14)29-13-12-28-15-4-2-1-3-5-15/h1-11H,12-13H2,(H2,21,22,24,25)/b11-8-. The zero-order chi connectivity index (χ0) is 20.6. The van der Waals surface area contributed by atoms with Gasteiger partial charge in [-0.2, -0.15) is 4.98 Å². The highest BCUT2D eigenvalue weighted by Gasteiger charge is 2.21. The zero-order valence-electron chi connectivity index (χ0n) is 15.1. The van der Waals surface area contributed by atoms with Gasteiger partial charge in [-0.25, -0.2) is 0 Å². The first-order valence-electron chi connectivity index (χ1n) is 8.59. The second-order valence-electron chi connectivity index (χ2n) is 5.79. The molecule has 3 aromatic rings. The topological polar surface area (TPSA) is 128 Å². The number of nitro groups is 1. The Bertz CT molecular complexity index is 1060. The zero-order valence-corrected chi connectivity index (χ0v) is 15.1. The van der Waals surface area contributed by atoms with Gasteiger partial charge in [0.05, 0.1) is 4.92 Å². The first-order chi connectivity index (χ1) is 14.0. The van der Waals surface area contributed by atoms with E-state index >= 15 is 0 Å². The molecule has 0 atom stereocenters. The lowest BCUT2D eigenvalue weighted by Gasteiger charge is -2.08. The first-order valence-corrected chi connectivity index (χ1v) is 8.59. The fourth-order valence-corrected chi connectivity index (χ4v) is 2.40. The molecule has 0 radical (unpaired) electrons. The number of H-pyrrole nitrogens is 1. The minimum atomic E-state index is -1.02. The molecule has 0 unspecified atom stereocenters. The van der Waals surface area contributed by atoms with Gasteiger partial charge in [0.1, 0.15) is 30.5 Å². The molecule has 9 heteroatoms. The average molecular weight is 395 g/mol. The van der Waals surface area contributed by atoms with E-state index in [1.54, 1.807) is 30.3 Å². The molecule has 0 saturated heterocycles. The van der Waals surface area contributed by atoms with E-state index in [0.717, 1.165) is 11.3 Å². The fourth-order valence-electron chi connectivity index (χ4n) is 2.40. The Hall–Kier alpha value is -4.14. The molecule has 2 aromatic carbocycles. The predicted molar refractivity (Wildman–Crippen MR) is 106 cm³/mol. The maximum atomic E-state index is 11.6. The Morgan fingerprint density at radius 2 is 1.62 bits per heavy atom. The molecule has 0 aliphatic carbocycles. The van der Waals surface area contributed by atoms with Crippen molar-refractivity contribution < 1.29 is 19.5 Å². The number of benzene rings is 2. The van der Waals surface area contributed by atoms with E-state index in [1.807, 2.05) is 30.3 Å². The van der Waals surface area contributed by atoms with Gasteiger partial charge in [-0.1, -0.05) is 36.4 Å². The quantitative estimate of drug-likeness (QED) is 0.341. The van der Waals surface area contributed by atoms with Crippen molar-refractivity contribution in [1.29, 1.82) is 0 Å². The summed E-state index contributed by atoms with van der Waals surface area (Å²) < 4.78 is 11.2. The van der Waals surface area contributed by atoms with E-state index in [0.29, 0.717) is 19.0 Å². The first kappa shape index (κ1) is 19.6. The lowest BCUT2D eigenvalue weighted by Crippen LogP contribution is -2.14. The number of rotatable bonds is 8. The van der Waals surface area contributed by atoms with Crippen molar-refractivity contribution in [2.45, 2.75) is 0 Å². The largest absolute Gasteiger partial charge is 0.490 e. The van der Waals surface area contributed by atoms with E-state index in [2.05, 4.69) is 9.97 Å². The van der Waals surface area contributed by atoms with E-state index in [4.69, 9.17) is 9.47 Å². The number of ether oxygens (including phenoxy) is 2. The maximum absolute atomic E-state index is 11.6. The molecule has 148 valence electrons. The van der Waals surface area contributed by atoms with Crippen molar-refractivity contribution in [2.24, 2.45) is 0 Å². The molecule has 29 heavy (non-hydrogen) atoms. The molecule has 0 spiro atoms. The van der Waals surface area contributed by atoms with E-state index in [9.17, 15) is 20.0 Å². The van der Waals surface area contributed by atoms with Crippen LogP contribution in [-0.2, 0) is 0 Å². The number of aromatic nitrogens is 2. The minimum absolute atomic E-state index is 0.00325. The third-order valence-electron chi connectivity index (χ3n) is 3.76. The van der Waals surface area contributed by atoms with Crippen LogP contribution < -0.4 is 15.0 Å². The summed E-state index contributed by atoms with van der Waals surface area (Å²) in [5.41, 5.74) is -1.23. The normalized spacial score (nSPS) is 10.8. The SMILES string of the molecule is O=c1[nH]c(/C=C\c2ccc(OCCOc3ccccc3)cc2)nc(O)c1[N+](=O)[O-]. The Morgan fingerprint density at radius 1 is 1.00 bits per heavy atom. The maximum Gasteiger partial charge on any atom is 0.395 e. The van der Waals surface area contributed by atoms with Crippen LogP contribution in [0, 0.1) is 10.1 Å². The molecule has 0 bridgehead atoms. The van der Waals surface area contributed by atoms with Crippen molar-refractivity contribution in [3.63, 3.8) is 0 Å². The fraction of sp³-hybridized carbons (Fsp3) is 0.100. The van der Waals surface area contributed by atoms with Crippen molar-refractivity contribution in [2.75, 3.05) is 13.2 Å². The summed E-state index contributed by atoms with van der Waals surface area (Å²) in [5, 5.41) is 20.2. The van der Waals surface area contributed by atoms with Crippen LogP contribution in [0.4, 0.5) is 5.69 Å². The van der Waals surface area contributed by atoms with Crippen LogP contribution in [0.1, 0.15) is 11.4 Å². The number of para-hydroxylation sites is 1. The minimum Gasteiger partial charge on any atom is -0.490 e. The summed E-state index contributed by atoms with van der Waals surface area (Å²) in [5.74, 6) is 0.509. The molecule has 1 heterocycles. The van der Waals surface area contributed by atoms with Gasteiger partial charge in [-0.05, 0) is 35.9 Å². The lowest BCUT2D eigenvalue weighted by atomic mass is 10.2. The molecule has 0 amide bonds. The van der Waals surface area contributed by atoms with Gasteiger partial charge in [0.25, 0.3) is 5.88 Å². The van der Waals surface area contributed by atoms with Gasteiger partial charge in [0.2, 0.25) is 0 Å². The number of hydrogen-bond donors (Lipinski definition) is 2. The van der Waals surface area contributed by atoms with Gasteiger partial charge in [-0.3, -0.25) is 14.9 Å². The molecule has 1 aromatic heterocycles. The van der Waals surface area contributed by atoms with Crippen molar-refractivity contribution in [3.8, 4) is 17.4 Å². The van der Waals surface area contributed by atoms with Crippen LogP contribution in [0.25, 0.3) is 12.2 Å². The summed E-state index contributed by atoms with van der Waals surface area (Å²) >= 11 is 0. The van der Waals surface area contributed by atoms with Crippen LogP contribution in [0.3, 0.4) is 0 Å². The second-order valence-corrected chi connectivity index (χ2v) is 5.79.